The second-order valence-corrected chi connectivity index (χ2v) is 4.00. The van der Waals surface area contributed by atoms with E-state index in [2.05, 4.69) is 0 Å². The van der Waals surface area contributed by atoms with Crippen molar-refractivity contribution in [2.75, 3.05) is 0 Å². The van der Waals surface area contributed by atoms with E-state index in [-0.39, 0.29) is 5.56 Å². The average molecular weight is 289 g/mol. The van der Waals surface area contributed by atoms with Crippen molar-refractivity contribution in [1.29, 1.82) is 0 Å². The Balaban J connectivity index is 2.90. The van der Waals surface area contributed by atoms with Gasteiger partial charge in [0.05, 0.1) is 5.56 Å². The van der Waals surface area contributed by atoms with Crippen LogP contribution in [0.25, 0.3) is 0 Å². The zero-order valence-electron chi connectivity index (χ0n) is 9.45. The number of alkyl halides is 6. The normalized spacial score (nSPS) is 14.5. The lowest BCUT2D eigenvalue weighted by atomic mass is 10.00. The van der Waals surface area contributed by atoms with Crippen molar-refractivity contribution in [3.63, 3.8) is 0 Å². The van der Waals surface area contributed by atoms with Gasteiger partial charge in [0.15, 0.2) is 0 Å². The first-order valence-electron chi connectivity index (χ1n) is 5.19. The molecule has 0 spiro atoms. The van der Waals surface area contributed by atoms with Crippen molar-refractivity contribution in [2.45, 2.75) is 31.2 Å². The van der Waals surface area contributed by atoms with E-state index >= 15 is 0 Å². The number of nitrogens with two attached hydrogens (primary N) is 1. The average Bonchev–Trinajstić information content (AvgIpc) is 2.24. The lowest BCUT2D eigenvalue weighted by Gasteiger charge is -2.16. The molecule has 0 aliphatic carbocycles. The van der Waals surface area contributed by atoms with Gasteiger partial charge in [-0.15, -0.1) is 0 Å². The standard InChI is InChI=1S/C11H10F7N/c12-8-2-1-6(5-7(8)11(16,17)18)9(19)3-4-10(13,14)15/h1-2,5,9H,3-4,19H2/t9-/m1/s1. The molecule has 1 aromatic carbocycles. The number of hydrogen-bond acceptors (Lipinski definition) is 1. The van der Waals surface area contributed by atoms with Crippen LogP contribution in [0.1, 0.15) is 30.0 Å². The van der Waals surface area contributed by atoms with E-state index in [4.69, 9.17) is 5.73 Å². The van der Waals surface area contributed by atoms with E-state index < -0.39 is 42.6 Å². The van der Waals surface area contributed by atoms with Gasteiger partial charge in [-0.3, -0.25) is 0 Å². The molecule has 1 nitrogen and oxygen atoms in total. The molecule has 0 aromatic heterocycles. The SMILES string of the molecule is N[C@H](CCC(F)(F)F)c1ccc(F)c(C(F)(F)F)c1. The Hall–Kier alpha value is -1.31. The third-order valence-corrected chi connectivity index (χ3v) is 2.46. The first-order chi connectivity index (χ1) is 8.50. The van der Waals surface area contributed by atoms with Crippen molar-refractivity contribution >= 4 is 0 Å². The molecule has 0 heterocycles. The summed E-state index contributed by atoms with van der Waals surface area (Å²) < 4.78 is 86.1. The zero-order chi connectivity index (χ0) is 14.8. The molecule has 0 radical (unpaired) electrons. The highest BCUT2D eigenvalue weighted by atomic mass is 19.4. The molecule has 8 heteroatoms. The number of hydrogen-bond donors (Lipinski definition) is 1. The minimum atomic E-state index is -4.91. The molecule has 1 rings (SSSR count). The van der Waals surface area contributed by atoms with Crippen LogP contribution in [-0.2, 0) is 6.18 Å². The van der Waals surface area contributed by atoms with Gasteiger partial charge in [0, 0.05) is 12.5 Å². The maximum absolute atomic E-state index is 13.0. The molecule has 0 bridgehead atoms. The van der Waals surface area contributed by atoms with Crippen LogP contribution in [0, 0.1) is 5.82 Å². The molecule has 1 aromatic rings. The predicted octanol–water partition coefficient (Wildman–Crippen LogP) is 4.19. The van der Waals surface area contributed by atoms with Gasteiger partial charge in [-0.1, -0.05) is 6.07 Å². The van der Waals surface area contributed by atoms with Gasteiger partial charge in [-0.05, 0) is 24.1 Å². The summed E-state index contributed by atoms with van der Waals surface area (Å²) in [4.78, 5) is 0. The summed E-state index contributed by atoms with van der Waals surface area (Å²) in [5, 5.41) is 0. The third kappa shape index (κ3) is 4.70. The van der Waals surface area contributed by atoms with E-state index in [0.29, 0.717) is 12.1 Å². The highest BCUT2D eigenvalue weighted by Crippen LogP contribution is 2.34. The molecule has 0 amide bonds. The topological polar surface area (TPSA) is 26.0 Å². The van der Waals surface area contributed by atoms with Crippen molar-refractivity contribution in [3.8, 4) is 0 Å². The molecule has 19 heavy (non-hydrogen) atoms. The highest BCUT2D eigenvalue weighted by molar-refractivity contribution is 5.29. The fourth-order valence-electron chi connectivity index (χ4n) is 1.48. The van der Waals surface area contributed by atoms with Gasteiger partial charge in [-0.25, -0.2) is 4.39 Å². The molecule has 0 saturated carbocycles. The maximum atomic E-state index is 13.0. The largest absolute Gasteiger partial charge is 0.419 e. The van der Waals surface area contributed by atoms with E-state index in [1.165, 1.54) is 0 Å². The first kappa shape index (κ1) is 15.7. The predicted molar refractivity (Wildman–Crippen MR) is 53.6 cm³/mol. The summed E-state index contributed by atoms with van der Waals surface area (Å²) in [6.45, 7) is 0. The van der Waals surface area contributed by atoms with Gasteiger partial charge >= 0.3 is 12.4 Å². The molecule has 108 valence electrons. The molecule has 0 fully saturated rings. The molecule has 1 atom stereocenters. The number of rotatable bonds is 3. The van der Waals surface area contributed by atoms with Gasteiger partial charge < -0.3 is 5.73 Å². The van der Waals surface area contributed by atoms with Crippen molar-refractivity contribution < 1.29 is 30.7 Å². The van der Waals surface area contributed by atoms with Gasteiger partial charge in [0.25, 0.3) is 0 Å². The van der Waals surface area contributed by atoms with Crippen molar-refractivity contribution in [2.24, 2.45) is 5.73 Å². The Morgan fingerprint density at radius 3 is 2.11 bits per heavy atom. The Morgan fingerprint density at radius 1 is 1.05 bits per heavy atom. The summed E-state index contributed by atoms with van der Waals surface area (Å²) in [6, 6.07) is 0.705. The second-order valence-electron chi connectivity index (χ2n) is 4.00. The maximum Gasteiger partial charge on any atom is 0.419 e. The quantitative estimate of drug-likeness (QED) is 0.830. The van der Waals surface area contributed by atoms with Crippen molar-refractivity contribution in [3.05, 3.63) is 35.1 Å². The molecular formula is C11H10F7N. The third-order valence-electron chi connectivity index (χ3n) is 2.46. The van der Waals surface area contributed by atoms with Crippen LogP contribution in [0.3, 0.4) is 0 Å². The van der Waals surface area contributed by atoms with Crippen LogP contribution in [0.5, 0.6) is 0 Å². The summed E-state index contributed by atoms with van der Waals surface area (Å²) in [5.74, 6) is -1.49. The minimum absolute atomic E-state index is 0.182. The van der Waals surface area contributed by atoms with Crippen LogP contribution in [-0.4, -0.2) is 6.18 Å². The molecule has 2 N–H and O–H groups in total. The van der Waals surface area contributed by atoms with Crippen LogP contribution in [0.4, 0.5) is 30.7 Å². The lowest BCUT2D eigenvalue weighted by molar-refractivity contribution is -0.140. The van der Waals surface area contributed by atoms with Crippen LogP contribution >= 0.6 is 0 Å². The number of halogens is 7. The zero-order valence-corrected chi connectivity index (χ0v) is 9.45. The highest BCUT2D eigenvalue weighted by Gasteiger charge is 2.35. The van der Waals surface area contributed by atoms with Crippen LogP contribution in [0.15, 0.2) is 18.2 Å². The number of benzene rings is 1. The fourth-order valence-corrected chi connectivity index (χ4v) is 1.48. The Bertz CT molecular complexity index is 436. The Labute approximate surface area is 104 Å². The second kappa shape index (κ2) is 5.36. The minimum Gasteiger partial charge on any atom is -0.324 e. The van der Waals surface area contributed by atoms with E-state index in [0.717, 1.165) is 6.07 Å². The smallest absolute Gasteiger partial charge is 0.324 e. The summed E-state index contributed by atoms with van der Waals surface area (Å²) in [7, 11) is 0. The molecule has 0 unspecified atom stereocenters. The summed E-state index contributed by atoms with van der Waals surface area (Å²) >= 11 is 0. The summed E-state index contributed by atoms with van der Waals surface area (Å²) in [6.07, 6.45) is -11.1. The Morgan fingerprint density at radius 2 is 1.63 bits per heavy atom. The van der Waals surface area contributed by atoms with Gasteiger partial charge in [0.1, 0.15) is 5.82 Å². The van der Waals surface area contributed by atoms with E-state index in [1.54, 1.807) is 0 Å². The summed E-state index contributed by atoms with van der Waals surface area (Å²) in [5.41, 5.74) is 3.66. The molecule has 0 aliphatic heterocycles. The lowest BCUT2D eigenvalue weighted by Crippen LogP contribution is -2.17. The van der Waals surface area contributed by atoms with E-state index in [1.807, 2.05) is 0 Å². The van der Waals surface area contributed by atoms with Crippen LogP contribution < -0.4 is 5.73 Å². The molecule has 0 aliphatic rings. The first-order valence-corrected chi connectivity index (χ1v) is 5.19. The van der Waals surface area contributed by atoms with E-state index in [9.17, 15) is 30.7 Å². The molecular weight excluding hydrogens is 279 g/mol. The molecule has 0 saturated heterocycles. The fraction of sp³-hybridized carbons (Fsp3) is 0.455. The monoisotopic (exact) mass is 289 g/mol. The van der Waals surface area contributed by atoms with Gasteiger partial charge in [0.2, 0.25) is 0 Å². The van der Waals surface area contributed by atoms with Gasteiger partial charge in [-0.2, -0.15) is 26.3 Å². The van der Waals surface area contributed by atoms with Crippen molar-refractivity contribution in [1.82, 2.24) is 0 Å². The van der Waals surface area contributed by atoms with Crippen LogP contribution in [0.2, 0.25) is 0 Å². The Kier molecular flexibility index (Phi) is 4.44.